The van der Waals surface area contributed by atoms with E-state index in [0.717, 1.165) is 0 Å². The molecule has 1 amide bonds. The van der Waals surface area contributed by atoms with Crippen molar-refractivity contribution in [1.82, 2.24) is 5.32 Å². The van der Waals surface area contributed by atoms with Crippen molar-refractivity contribution in [1.29, 1.82) is 0 Å². The predicted molar refractivity (Wildman–Crippen MR) is 69.1 cm³/mol. The van der Waals surface area contributed by atoms with Crippen LogP contribution in [0.1, 0.15) is 38.1 Å². The van der Waals surface area contributed by atoms with Crippen LogP contribution in [-0.4, -0.2) is 17.6 Å². The van der Waals surface area contributed by atoms with Crippen molar-refractivity contribution in [2.24, 2.45) is 11.3 Å². The van der Waals surface area contributed by atoms with Gasteiger partial charge in [-0.3, -0.25) is 4.79 Å². The molecule has 0 saturated carbocycles. The first-order valence-electron chi connectivity index (χ1n) is 5.88. The number of carbonyl (C=O) groups excluding carboxylic acids is 1. The van der Waals surface area contributed by atoms with Gasteiger partial charge in [-0.05, 0) is 23.5 Å². The van der Waals surface area contributed by atoms with Gasteiger partial charge in [-0.2, -0.15) is 0 Å². The number of phenols is 1. The molecule has 3 nitrogen and oxygen atoms in total. The molecule has 0 heterocycles. The van der Waals surface area contributed by atoms with Crippen molar-refractivity contribution in [2.45, 2.75) is 27.7 Å². The van der Waals surface area contributed by atoms with Gasteiger partial charge in [0.2, 0.25) is 0 Å². The van der Waals surface area contributed by atoms with Gasteiger partial charge < -0.3 is 10.4 Å². The second-order valence-corrected chi connectivity index (χ2v) is 5.49. The highest BCUT2D eigenvalue weighted by molar-refractivity contribution is 5.96. The van der Waals surface area contributed by atoms with Crippen molar-refractivity contribution in [2.75, 3.05) is 6.54 Å². The van der Waals surface area contributed by atoms with Gasteiger partial charge in [-0.25, -0.2) is 0 Å². The van der Waals surface area contributed by atoms with Crippen LogP contribution >= 0.6 is 0 Å². The molecule has 1 aromatic carbocycles. The minimum absolute atomic E-state index is 0.0217. The van der Waals surface area contributed by atoms with Crippen LogP contribution in [0.4, 0.5) is 0 Å². The Hall–Kier alpha value is -1.51. The van der Waals surface area contributed by atoms with Crippen LogP contribution in [0.3, 0.4) is 0 Å². The summed E-state index contributed by atoms with van der Waals surface area (Å²) in [5.74, 6) is 0.171. The van der Waals surface area contributed by atoms with Crippen molar-refractivity contribution in [3.8, 4) is 5.75 Å². The Balaban J connectivity index is 2.60. The lowest BCUT2D eigenvalue weighted by Gasteiger charge is -2.27. The Morgan fingerprint density at radius 3 is 2.47 bits per heavy atom. The third-order valence-corrected chi connectivity index (χ3v) is 3.20. The van der Waals surface area contributed by atoms with E-state index in [4.69, 9.17) is 0 Å². The lowest BCUT2D eigenvalue weighted by molar-refractivity contribution is 0.0934. The minimum Gasteiger partial charge on any atom is -0.507 e. The molecule has 1 aromatic rings. The molecular weight excluding hydrogens is 214 g/mol. The van der Waals surface area contributed by atoms with E-state index < -0.39 is 0 Å². The van der Waals surface area contributed by atoms with Gasteiger partial charge in [0.05, 0.1) is 5.56 Å². The molecule has 17 heavy (non-hydrogen) atoms. The molecule has 2 N–H and O–H groups in total. The largest absolute Gasteiger partial charge is 0.507 e. The maximum Gasteiger partial charge on any atom is 0.255 e. The molecule has 0 fully saturated rings. The number of rotatable bonds is 3. The summed E-state index contributed by atoms with van der Waals surface area (Å²) in [6.07, 6.45) is 0. The summed E-state index contributed by atoms with van der Waals surface area (Å²) in [5, 5.41) is 12.4. The maximum absolute atomic E-state index is 11.8. The van der Waals surface area contributed by atoms with Gasteiger partial charge in [0.25, 0.3) is 5.91 Å². The van der Waals surface area contributed by atoms with E-state index in [1.807, 2.05) is 0 Å². The second kappa shape index (κ2) is 5.21. The average Bonchev–Trinajstić information content (AvgIpc) is 2.24. The van der Waals surface area contributed by atoms with E-state index in [0.29, 0.717) is 18.0 Å². The Bertz CT molecular complexity index is 393. The highest BCUT2D eigenvalue weighted by Crippen LogP contribution is 2.24. The highest BCUT2D eigenvalue weighted by atomic mass is 16.3. The summed E-state index contributed by atoms with van der Waals surface area (Å²) in [6, 6.07) is 6.57. The van der Waals surface area contributed by atoms with Crippen LogP contribution in [0.15, 0.2) is 24.3 Å². The second-order valence-electron chi connectivity index (χ2n) is 5.49. The Morgan fingerprint density at radius 1 is 1.35 bits per heavy atom. The molecule has 1 rings (SSSR count). The summed E-state index contributed by atoms with van der Waals surface area (Å²) in [6.45, 7) is 9.14. The number of hydrogen-bond donors (Lipinski definition) is 2. The van der Waals surface area contributed by atoms with Gasteiger partial charge in [0.15, 0.2) is 0 Å². The fraction of sp³-hybridized carbons (Fsp3) is 0.500. The van der Waals surface area contributed by atoms with E-state index in [2.05, 4.69) is 33.0 Å². The van der Waals surface area contributed by atoms with Gasteiger partial charge in [0.1, 0.15) is 5.75 Å². The van der Waals surface area contributed by atoms with Crippen LogP contribution in [0.2, 0.25) is 0 Å². The van der Waals surface area contributed by atoms with Crippen LogP contribution in [0, 0.1) is 11.3 Å². The lowest BCUT2D eigenvalue weighted by atomic mass is 9.82. The summed E-state index contributed by atoms with van der Waals surface area (Å²) in [5.41, 5.74) is 0.486. The lowest BCUT2D eigenvalue weighted by Crippen LogP contribution is -2.33. The number of phenolic OH excluding ortho intramolecular Hbond substituents is 1. The van der Waals surface area contributed by atoms with Gasteiger partial charge in [-0.1, -0.05) is 39.8 Å². The fourth-order valence-corrected chi connectivity index (χ4v) is 1.31. The summed E-state index contributed by atoms with van der Waals surface area (Å²) in [4.78, 5) is 11.8. The van der Waals surface area contributed by atoms with E-state index >= 15 is 0 Å². The van der Waals surface area contributed by atoms with E-state index in [-0.39, 0.29) is 17.1 Å². The first-order valence-corrected chi connectivity index (χ1v) is 5.88. The van der Waals surface area contributed by atoms with Crippen molar-refractivity contribution in [3.63, 3.8) is 0 Å². The number of benzene rings is 1. The standard InChI is InChI=1S/C14H21NO2/c1-10(14(2,3)4)9-15-13(17)11-7-5-6-8-12(11)16/h5-8,10,16H,9H2,1-4H3,(H,15,17). The zero-order valence-electron chi connectivity index (χ0n) is 10.9. The molecule has 1 unspecified atom stereocenters. The van der Waals surface area contributed by atoms with E-state index in [1.54, 1.807) is 18.2 Å². The Kier molecular flexibility index (Phi) is 4.16. The third kappa shape index (κ3) is 3.77. The molecule has 0 aromatic heterocycles. The number of nitrogens with one attached hydrogen (secondary N) is 1. The van der Waals surface area contributed by atoms with Crippen LogP contribution in [0.5, 0.6) is 5.75 Å². The first-order chi connectivity index (χ1) is 7.82. The van der Waals surface area contributed by atoms with Crippen molar-refractivity contribution >= 4 is 5.91 Å². The molecule has 1 atom stereocenters. The molecule has 0 bridgehead atoms. The Morgan fingerprint density at radius 2 is 1.94 bits per heavy atom. The Labute approximate surface area is 103 Å². The number of carbonyl (C=O) groups is 1. The van der Waals surface area contributed by atoms with Crippen molar-refractivity contribution < 1.29 is 9.90 Å². The smallest absolute Gasteiger partial charge is 0.255 e. The first kappa shape index (κ1) is 13.6. The van der Waals surface area contributed by atoms with Gasteiger partial charge in [-0.15, -0.1) is 0 Å². The maximum atomic E-state index is 11.8. The zero-order chi connectivity index (χ0) is 13.1. The highest BCUT2D eigenvalue weighted by Gasteiger charge is 2.21. The summed E-state index contributed by atoms with van der Waals surface area (Å²) >= 11 is 0. The topological polar surface area (TPSA) is 49.3 Å². The number of hydrogen-bond acceptors (Lipinski definition) is 2. The van der Waals surface area contributed by atoms with Crippen LogP contribution in [0.25, 0.3) is 0 Å². The average molecular weight is 235 g/mol. The van der Waals surface area contributed by atoms with Crippen molar-refractivity contribution in [3.05, 3.63) is 29.8 Å². The molecule has 0 radical (unpaired) electrons. The minimum atomic E-state index is -0.223. The van der Waals surface area contributed by atoms with Crippen LogP contribution < -0.4 is 5.32 Å². The molecule has 94 valence electrons. The number of amides is 1. The molecular formula is C14H21NO2. The molecule has 0 saturated heterocycles. The quantitative estimate of drug-likeness (QED) is 0.846. The van der Waals surface area contributed by atoms with Gasteiger partial charge >= 0.3 is 0 Å². The molecule has 0 aliphatic rings. The van der Waals surface area contributed by atoms with E-state index in [9.17, 15) is 9.90 Å². The van der Waals surface area contributed by atoms with E-state index in [1.165, 1.54) is 6.07 Å². The third-order valence-electron chi connectivity index (χ3n) is 3.20. The molecule has 0 aliphatic carbocycles. The zero-order valence-corrected chi connectivity index (χ0v) is 10.9. The molecule has 3 heteroatoms. The monoisotopic (exact) mass is 235 g/mol. The van der Waals surface area contributed by atoms with Crippen LogP contribution in [-0.2, 0) is 0 Å². The normalized spacial score (nSPS) is 13.2. The fourth-order valence-electron chi connectivity index (χ4n) is 1.31. The number of para-hydroxylation sites is 1. The van der Waals surface area contributed by atoms with Gasteiger partial charge in [0, 0.05) is 6.54 Å². The molecule has 0 spiro atoms. The molecule has 0 aliphatic heterocycles. The summed E-state index contributed by atoms with van der Waals surface area (Å²) < 4.78 is 0. The number of aromatic hydroxyl groups is 1. The SMILES string of the molecule is CC(CNC(=O)c1ccccc1O)C(C)(C)C. The summed E-state index contributed by atoms with van der Waals surface area (Å²) in [7, 11) is 0. The predicted octanol–water partition coefficient (Wildman–Crippen LogP) is 2.80.